The molecule has 3 heterocycles. The molecular formula is C26H24N4O6S. The van der Waals surface area contributed by atoms with Crippen LogP contribution in [0.2, 0.25) is 0 Å². The van der Waals surface area contributed by atoms with Gasteiger partial charge in [-0.15, -0.1) is 0 Å². The van der Waals surface area contributed by atoms with E-state index in [4.69, 9.17) is 4.74 Å². The zero-order valence-electron chi connectivity index (χ0n) is 20.1. The molecule has 1 aliphatic rings. The zero-order chi connectivity index (χ0) is 26.3. The Labute approximate surface area is 212 Å². The van der Waals surface area contributed by atoms with Gasteiger partial charge in [-0.25, -0.2) is 13.2 Å². The number of aromatic amines is 1. The summed E-state index contributed by atoms with van der Waals surface area (Å²) in [6.45, 7) is 0.488. The monoisotopic (exact) mass is 520 g/mol. The zero-order valence-corrected chi connectivity index (χ0v) is 21.0. The number of imide groups is 1. The standard InChI is InChI=1S/C26H24N4O6S/c1-29-14-21(19-9-11-27-24(19)25(29)32)20-13-18(37(2,34)35)7-8-22(20)36-15-16-3-5-17(6-4-16)30-12-10-23(31)28-26(30)33/h3-9,11,13-14,27H,10,12,15H2,1-2H3,(H,28,31,33). The predicted molar refractivity (Wildman–Crippen MR) is 138 cm³/mol. The second-order valence-corrected chi connectivity index (χ2v) is 10.9. The molecule has 0 atom stereocenters. The molecule has 5 rings (SSSR count). The SMILES string of the molecule is Cn1cc(-c2cc(S(C)(=O)=O)ccc2OCc2ccc(N3CCC(=O)NC3=O)cc2)c2cc[nH]c2c1=O. The van der Waals surface area contributed by atoms with Gasteiger partial charge in [0.15, 0.2) is 9.84 Å². The topological polar surface area (TPSA) is 131 Å². The highest BCUT2D eigenvalue weighted by Gasteiger charge is 2.24. The minimum atomic E-state index is -3.49. The summed E-state index contributed by atoms with van der Waals surface area (Å²) in [5.74, 6) is 0.158. The number of carbonyl (C=O) groups excluding carboxylic acids is 2. The number of fused-ring (bicyclic) bond motifs is 1. The molecule has 0 saturated carbocycles. The number of benzene rings is 2. The normalized spacial score (nSPS) is 14.2. The summed E-state index contributed by atoms with van der Waals surface area (Å²) < 4.78 is 32.2. The fourth-order valence-electron chi connectivity index (χ4n) is 4.30. The van der Waals surface area contributed by atoms with Crippen molar-refractivity contribution in [2.75, 3.05) is 17.7 Å². The third-order valence-corrected chi connectivity index (χ3v) is 7.37. The largest absolute Gasteiger partial charge is 0.488 e. The van der Waals surface area contributed by atoms with Crippen LogP contribution in [0.1, 0.15) is 12.0 Å². The van der Waals surface area contributed by atoms with Crippen molar-refractivity contribution in [3.05, 3.63) is 76.8 Å². The second kappa shape index (κ2) is 9.25. The summed E-state index contributed by atoms with van der Waals surface area (Å²) in [7, 11) is -1.86. The molecule has 0 unspecified atom stereocenters. The summed E-state index contributed by atoms with van der Waals surface area (Å²) in [5.41, 5.74) is 2.89. The van der Waals surface area contributed by atoms with Crippen molar-refractivity contribution in [2.24, 2.45) is 7.05 Å². The van der Waals surface area contributed by atoms with Crippen LogP contribution >= 0.6 is 0 Å². The summed E-state index contributed by atoms with van der Waals surface area (Å²) in [4.78, 5) is 40.6. The van der Waals surface area contributed by atoms with Gasteiger partial charge >= 0.3 is 6.03 Å². The number of amides is 3. The maximum atomic E-state index is 12.5. The molecule has 190 valence electrons. The summed E-state index contributed by atoms with van der Waals surface area (Å²) in [5, 5.41) is 2.96. The van der Waals surface area contributed by atoms with Crippen molar-refractivity contribution in [1.29, 1.82) is 0 Å². The number of urea groups is 1. The molecule has 4 aromatic rings. The van der Waals surface area contributed by atoms with Crippen molar-refractivity contribution in [3.63, 3.8) is 0 Å². The van der Waals surface area contributed by atoms with E-state index in [2.05, 4.69) is 10.3 Å². The fraction of sp³-hybridized carbons (Fsp3) is 0.192. The first-order valence-electron chi connectivity index (χ1n) is 11.5. The van der Waals surface area contributed by atoms with E-state index in [1.54, 1.807) is 49.8 Å². The van der Waals surface area contributed by atoms with Crippen LogP contribution in [0.25, 0.3) is 22.0 Å². The Hall–Kier alpha value is -4.38. The Morgan fingerprint density at radius 2 is 1.76 bits per heavy atom. The quantitative estimate of drug-likeness (QED) is 0.402. The fourth-order valence-corrected chi connectivity index (χ4v) is 4.95. The minimum Gasteiger partial charge on any atom is -0.488 e. The average Bonchev–Trinajstić information content (AvgIpc) is 3.35. The molecule has 1 saturated heterocycles. The number of rotatable bonds is 6. The molecule has 10 nitrogen and oxygen atoms in total. The van der Waals surface area contributed by atoms with E-state index in [9.17, 15) is 22.8 Å². The first-order valence-corrected chi connectivity index (χ1v) is 13.4. The molecule has 37 heavy (non-hydrogen) atoms. The molecule has 0 spiro atoms. The number of carbonyl (C=O) groups is 2. The Kier molecular flexibility index (Phi) is 6.08. The summed E-state index contributed by atoms with van der Waals surface area (Å²) in [6, 6.07) is 13.2. The van der Waals surface area contributed by atoms with Crippen LogP contribution in [0, 0.1) is 0 Å². The molecule has 2 aromatic heterocycles. The van der Waals surface area contributed by atoms with Crippen molar-refractivity contribution >= 4 is 38.4 Å². The molecule has 2 aromatic carbocycles. The number of nitrogens with zero attached hydrogens (tertiary/aromatic N) is 2. The summed E-state index contributed by atoms with van der Waals surface area (Å²) >= 11 is 0. The van der Waals surface area contributed by atoms with Crippen LogP contribution in [-0.2, 0) is 28.3 Å². The molecule has 1 aliphatic heterocycles. The van der Waals surface area contributed by atoms with Crippen molar-refractivity contribution in [3.8, 4) is 16.9 Å². The van der Waals surface area contributed by atoms with Crippen LogP contribution < -0.4 is 20.5 Å². The minimum absolute atomic E-state index is 0.134. The molecule has 11 heteroatoms. The Morgan fingerprint density at radius 3 is 2.46 bits per heavy atom. The van der Waals surface area contributed by atoms with Crippen LogP contribution in [0.15, 0.2) is 70.6 Å². The van der Waals surface area contributed by atoms with Gasteiger partial charge in [-0.2, -0.15) is 0 Å². The lowest BCUT2D eigenvalue weighted by Gasteiger charge is -2.26. The second-order valence-electron chi connectivity index (χ2n) is 8.87. The highest BCUT2D eigenvalue weighted by atomic mass is 32.2. The Bertz CT molecular complexity index is 1700. The number of aryl methyl sites for hydroxylation is 1. The molecule has 0 bridgehead atoms. The first-order chi connectivity index (χ1) is 17.6. The average molecular weight is 521 g/mol. The van der Waals surface area contributed by atoms with Gasteiger partial charge in [0.25, 0.3) is 5.56 Å². The van der Waals surface area contributed by atoms with Gasteiger partial charge in [0, 0.05) is 60.9 Å². The highest BCUT2D eigenvalue weighted by molar-refractivity contribution is 7.90. The predicted octanol–water partition coefficient (Wildman–Crippen LogP) is 2.96. The third kappa shape index (κ3) is 4.73. The Balaban J connectivity index is 1.47. The van der Waals surface area contributed by atoms with Crippen molar-refractivity contribution in [1.82, 2.24) is 14.9 Å². The number of pyridine rings is 1. The van der Waals surface area contributed by atoms with Gasteiger partial charge in [0.1, 0.15) is 17.9 Å². The molecule has 3 amide bonds. The van der Waals surface area contributed by atoms with E-state index in [-0.39, 0.29) is 29.4 Å². The highest BCUT2D eigenvalue weighted by Crippen LogP contribution is 2.36. The Morgan fingerprint density at radius 1 is 1.00 bits per heavy atom. The number of aromatic nitrogens is 2. The lowest BCUT2D eigenvalue weighted by atomic mass is 10.0. The van der Waals surface area contributed by atoms with E-state index in [0.29, 0.717) is 40.0 Å². The van der Waals surface area contributed by atoms with E-state index < -0.39 is 15.9 Å². The molecule has 0 aliphatic carbocycles. The van der Waals surface area contributed by atoms with Crippen molar-refractivity contribution < 1.29 is 22.7 Å². The van der Waals surface area contributed by atoms with Gasteiger partial charge in [0.2, 0.25) is 5.91 Å². The number of anilines is 1. The molecule has 0 radical (unpaired) electrons. The molecule has 2 N–H and O–H groups in total. The molecular weight excluding hydrogens is 496 g/mol. The van der Waals surface area contributed by atoms with Crippen LogP contribution in [0.4, 0.5) is 10.5 Å². The van der Waals surface area contributed by atoms with Gasteiger partial charge in [-0.1, -0.05) is 12.1 Å². The number of ether oxygens (including phenoxy) is 1. The van der Waals surface area contributed by atoms with Gasteiger partial charge in [-0.3, -0.25) is 19.8 Å². The van der Waals surface area contributed by atoms with E-state index in [1.165, 1.54) is 15.5 Å². The number of sulfone groups is 1. The van der Waals surface area contributed by atoms with Gasteiger partial charge < -0.3 is 14.3 Å². The maximum Gasteiger partial charge on any atom is 0.328 e. The lowest BCUT2D eigenvalue weighted by Crippen LogP contribution is -2.49. The van der Waals surface area contributed by atoms with Crippen LogP contribution in [0.5, 0.6) is 5.75 Å². The number of H-pyrrole nitrogens is 1. The van der Waals surface area contributed by atoms with Crippen molar-refractivity contribution in [2.45, 2.75) is 17.9 Å². The maximum absolute atomic E-state index is 12.5. The number of nitrogens with one attached hydrogen (secondary N) is 2. The molecule has 1 fully saturated rings. The number of hydrogen-bond donors (Lipinski definition) is 2. The third-order valence-electron chi connectivity index (χ3n) is 6.26. The van der Waals surface area contributed by atoms with Gasteiger partial charge in [-0.05, 0) is 42.0 Å². The first kappa shape index (κ1) is 24.3. The van der Waals surface area contributed by atoms with Crippen LogP contribution in [0.3, 0.4) is 0 Å². The van der Waals surface area contributed by atoms with Crippen LogP contribution in [-0.4, -0.2) is 42.7 Å². The van der Waals surface area contributed by atoms with E-state index >= 15 is 0 Å². The summed E-state index contributed by atoms with van der Waals surface area (Å²) in [6.07, 6.45) is 4.70. The number of hydrogen-bond acceptors (Lipinski definition) is 6. The van der Waals surface area contributed by atoms with E-state index in [0.717, 1.165) is 11.8 Å². The van der Waals surface area contributed by atoms with Gasteiger partial charge in [0.05, 0.1) is 4.90 Å². The lowest BCUT2D eigenvalue weighted by molar-refractivity contribution is -0.120. The van der Waals surface area contributed by atoms with E-state index in [1.807, 2.05) is 12.1 Å². The smallest absolute Gasteiger partial charge is 0.328 e.